The number of hydrogen-bond donors (Lipinski definition) is 2. The Hall–Kier alpha value is -2.05. The number of hydrogen-bond acceptors (Lipinski definition) is 6. The molecule has 3 aliphatic rings. The van der Waals surface area contributed by atoms with Gasteiger partial charge in [0.15, 0.2) is 17.3 Å². The summed E-state index contributed by atoms with van der Waals surface area (Å²) in [6, 6.07) is 1.72. The first-order valence-corrected chi connectivity index (χ1v) is 11.2. The molecule has 2 fully saturated rings. The first-order chi connectivity index (χ1) is 14.4. The minimum absolute atomic E-state index is 0.113. The molecular weight excluding hydrogens is 396 g/mol. The zero-order valence-corrected chi connectivity index (χ0v) is 18.8. The Morgan fingerprint density at radius 3 is 2.52 bits per heavy atom. The topological polar surface area (TPSA) is 105 Å². The lowest BCUT2D eigenvalue weighted by molar-refractivity contribution is -0.210. The molecule has 8 atom stereocenters. The summed E-state index contributed by atoms with van der Waals surface area (Å²) < 4.78 is 5.40. The number of allylic oxidation sites excluding steroid dienone is 1. The van der Waals surface area contributed by atoms with E-state index in [1.54, 1.807) is 32.3 Å². The van der Waals surface area contributed by atoms with Crippen molar-refractivity contribution in [2.75, 3.05) is 0 Å². The van der Waals surface area contributed by atoms with Gasteiger partial charge in [-0.1, -0.05) is 20.8 Å². The van der Waals surface area contributed by atoms with Crippen molar-refractivity contribution in [2.45, 2.75) is 65.6 Å². The molecule has 1 aromatic heterocycles. The van der Waals surface area contributed by atoms with Gasteiger partial charge in [-0.05, 0) is 68.2 Å². The van der Waals surface area contributed by atoms with Gasteiger partial charge in [0, 0.05) is 17.3 Å². The summed E-state index contributed by atoms with van der Waals surface area (Å²) in [4.78, 5) is 38.7. The van der Waals surface area contributed by atoms with Gasteiger partial charge in [0.2, 0.25) is 5.78 Å². The van der Waals surface area contributed by atoms with E-state index in [9.17, 15) is 24.6 Å². The number of furan rings is 1. The van der Waals surface area contributed by atoms with Gasteiger partial charge in [-0.2, -0.15) is 0 Å². The number of fused-ring (bicyclic) bond motifs is 1. The quantitative estimate of drug-likeness (QED) is 0.674. The fraction of sp³-hybridized carbons (Fsp3) is 0.640. The molecule has 0 unspecified atom stereocenters. The minimum atomic E-state index is -1.60. The van der Waals surface area contributed by atoms with Gasteiger partial charge in [0.25, 0.3) is 0 Å². The standard InChI is InChI=1S/C25H32O6/c1-12-8-19(31-11-12)21(28)15(4)16-6-7-24(5)22(16)25(30,23(24)29)14(3)10-17-18(26)9-13(2)20(17)27/h8-9,11,14-18,22,26,30H,6-7,10H2,1-5H3/t14-,15+,16+,17+,18-,22+,24-,25+/m1/s1. The molecule has 1 aromatic rings. The summed E-state index contributed by atoms with van der Waals surface area (Å²) in [5, 5.41) is 21.9. The number of aryl methyl sites for hydroxylation is 1. The number of carbonyl (C=O) groups excluding carboxylic acids is 3. The second-order valence-corrected chi connectivity index (χ2v) is 10.3. The monoisotopic (exact) mass is 428 g/mol. The second kappa shape index (κ2) is 7.24. The maximum atomic E-state index is 13.2. The first-order valence-electron chi connectivity index (χ1n) is 11.2. The molecule has 0 spiro atoms. The molecule has 31 heavy (non-hydrogen) atoms. The molecule has 1 heterocycles. The second-order valence-electron chi connectivity index (χ2n) is 10.3. The van der Waals surface area contributed by atoms with Crippen LogP contribution >= 0.6 is 0 Å². The van der Waals surface area contributed by atoms with Gasteiger partial charge in [-0.25, -0.2) is 0 Å². The van der Waals surface area contributed by atoms with Crippen molar-refractivity contribution < 1.29 is 29.0 Å². The van der Waals surface area contributed by atoms with E-state index < -0.39 is 34.9 Å². The Labute approximate surface area is 182 Å². The number of ketones is 3. The average molecular weight is 429 g/mol. The van der Waals surface area contributed by atoms with Crippen molar-refractivity contribution in [1.29, 1.82) is 0 Å². The highest BCUT2D eigenvalue weighted by Gasteiger charge is 2.74. The molecule has 168 valence electrons. The van der Waals surface area contributed by atoms with Crippen LogP contribution in [-0.2, 0) is 9.59 Å². The van der Waals surface area contributed by atoms with Crippen molar-refractivity contribution in [2.24, 2.45) is 35.0 Å². The summed E-state index contributed by atoms with van der Waals surface area (Å²) in [6.07, 6.45) is 3.75. The maximum Gasteiger partial charge on any atom is 0.201 e. The summed E-state index contributed by atoms with van der Waals surface area (Å²) in [7, 11) is 0. The van der Waals surface area contributed by atoms with Crippen molar-refractivity contribution in [3.05, 3.63) is 35.3 Å². The Morgan fingerprint density at radius 2 is 1.97 bits per heavy atom. The van der Waals surface area contributed by atoms with Crippen LogP contribution in [0.4, 0.5) is 0 Å². The van der Waals surface area contributed by atoms with Crippen LogP contribution in [0.15, 0.2) is 28.4 Å². The van der Waals surface area contributed by atoms with E-state index in [4.69, 9.17) is 4.42 Å². The molecule has 0 saturated heterocycles. The molecule has 2 saturated carbocycles. The number of rotatable bonds is 6. The first kappa shape index (κ1) is 22.2. The van der Waals surface area contributed by atoms with Crippen LogP contribution in [0.3, 0.4) is 0 Å². The fourth-order valence-electron chi connectivity index (χ4n) is 6.61. The molecule has 0 bridgehead atoms. The molecule has 3 aliphatic carbocycles. The van der Waals surface area contributed by atoms with E-state index in [1.165, 1.54) is 0 Å². The zero-order valence-electron chi connectivity index (χ0n) is 18.8. The highest BCUT2D eigenvalue weighted by Crippen LogP contribution is 2.66. The molecule has 2 N–H and O–H groups in total. The van der Waals surface area contributed by atoms with Crippen molar-refractivity contribution in [1.82, 2.24) is 0 Å². The third-order valence-corrected chi connectivity index (χ3v) is 8.41. The zero-order chi connectivity index (χ0) is 22.9. The molecule has 0 aliphatic heterocycles. The molecule has 0 aromatic carbocycles. The summed E-state index contributed by atoms with van der Waals surface area (Å²) in [6.45, 7) is 9.05. The van der Waals surface area contributed by atoms with Crippen LogP contribution in [0, 0.1) is 41.9 Å². The van der Waals surface area contributed by atoms with Gasteiger partial charge in [-0.15, -0.1) is 0 Å². The van der Waals surface area contributed by atoms with Crippen molar-refractivity contribution in [3.8, 4) is 0 Å². The summed E-state index contributed by atoms with van der Waals surface area (Å²) in [5.74, 6) is -2.18. The van der Waals surface area contributed by atoms with Gasteiger partial charge >= 0.3 is 0 Å². The summed E-state index contributed by atoms with van der Waals surface area (Å²) in [5.41, 5.74) is -0.860. The number of Topliss-reactive ketones (excluding diaryl/α,β-unsaturated/α-hetero) is 3. The van der Waals surface area contributed by atoms with Gasteiger partial charge in [0.1, 0.15) is 5.60 Å². The minimum Gasteiger partial charge on any atom is -0.461 e. The van der Waals surface area contributed by atoms with Crippen LogP contribution < -0.4 is 0 Å². The molecule has 0 amide bonds. The van der Waals surface area contributed by atoms with Crippen LogP contribution in [0.2, 0.25) is 0 Å². The van der Waals surface area contributed by atoms with Crippen molar-refractivity contribution in [3.63, 3.8) is 0 Å². The SMILES string of the molecule is CC1=C[C@@H](O)[C@H](C[C@@H](C)[C@@]2(O)C(=O)[C@]3(C)CC[C@@H]([C@H](C)C(=O)c4cc(C)co4)[C@H]23)C1=O. The van der Waals surface area contributed by atoms with Crippen LogP contribution in [-0.4, -0.2) is 39.3 Å². The Morgan fingerprint density at radius 1 is 1.29 bits per heavy atom. The van der Waals surface area contributed by atoms with Crippen molar-refractivity contribution >= 4 is 17.3 Å². The third-order valence-electron chi connectivity index (χ3n) is 8.41. The largest absolute Gasteiger partial charge is 0.461 e. The lowest BCUT2D eigenvalue weighted by atomic mass is 9.46. The van der Waals surface area contributed by atoms with E-state index in [0.29, 0.717) is 24.2 Å². The van der Waals surface area contributed by atoms with Crippen LogP contribution in [0.5, 0.6) is 0 Å². The summed E-state index contributed by atoms with van der Waals surface area (Å²) >= 11 is 0. The normalized spacial score (nSPS) is 39.1. The Kier molecular flexibility index (Phi) is 5.17. The highest BCUT2D eigenvalue weighted by molar-refractivity contribution is 6.02. The lowest BCUT2D eigenvalue weighted by Crippen LogP contribution is -2.72. The predicted molar refractivity (Wildman–Crippen MR) is 113 cm³/mol. The average Bonchev–Trinajstić information content (AvgIpc) is 3.37. The number of aliphatic hydroxyl groups excluding tert-OH is 1. The van der Waals surface area contributed by atoms with E-state index in [2.05, 4.69) is 0 Å². The maximum absolute atomic E-state index is 13.2. The molecule has 0 radical (unpaired) electrons. The highest BCUT2D eigenvalue weighted by atomic mass is 16.3. The fourth-order valence-corrected chi connectivity index (χ4v) is 6.61. The molecule has 6 nitrogen and oxygen atoms in total. The molecule has 6 heteroatoms. The van der Waals surface area contributed by atoms with Gasteiger partial charge in [-0.3, -0.25) is 14.4 Å². The Bertz CT molecular complexity index is 972. The smallest absolute Gasteiger partial charge is 0.201 e. The predicted octanol–water partition coefficient (Wildman–Crippen LogP) is 3.29. The molecule has 4 rings (SSSR count). The molecular formula is C25H32O6. The van der Waals surface area contributed by atoms with Crippen LogP contribution in [0.1, 0.15) is 63.1 Å². The van der Waals surface area contributed by atoms with Gasteiger partial charge < -0.3 is 14.6 Å². The number of carbonyl (C=O) groups is 3. The van der Waals surface area contributed by atoms with E-state index in [-0.39, 0.29) is 35.6 Å². The Balaban J connectivity index is 1.58. The van der Waals surface area contributed by atoms with E-state index in [0.717, 1.165) is 5.56 Å². The van der Waals surface area contributed by atoms with E-state index in [1.807, 2.05) is 20.8 Å². The van der Waals surface area contributed by atoms with Gasteiger partial charge in [0.05, 0.1) is 18.3 Å². The number of aliphatic hydroxyl groups is 2. The third kappa shape index (κ3) is 3.02. The lowest BCUT2D eigenvalue weighted by Gasteiger charge is -2.59. The van der Waals surface area contributed by atoms with E-state index >= 15 is 0 Å². The van der Waals surface area contributed by atoms with Crippen LogP contribution in [0.25, 0.3) is 0 Å².